The van der Waals surface area contributed by atoms with Gasteiger partial charge in [0, 0.05) is 6.54 Å². The molecule has 0 aliphatic heterocycles. The Morgan fingerprint density at radius 1 is 1.12 bits per heavy atom. The van der Waals surface area contributed by atoms with Gasteiger partial charge in [0.15, 0.2) is 0 Å². The molecule has 0 heterocycles. The Hall–Kier alpha value is -0.400. The number of para-hydroxylation sites is 1. The van der Waals surface area contributed by atoms with Crippen molar-refractivity contribution in [1.29, 1.82) is 0 Å². The number of rotatable bonds is 3. The first-order valence-corrected chi connectivity index (χ1v) is 7.10. The molecule has 94 valence electrons. The van der Waals surface area contributed by atoms with E-state index >= 15 is 0 Å². The van der Waals surface area contributed by atoms with Crippen LogP contribution in [0.5, 0.6) is 0 Å². The third-order valence-electron chi connectivity index (χ3n) is 3.67. The largest absolute Gasteiger partial charge is 0.382 e. The summed E-state index contributed by atoms with van der Waals surface area (Å²) >= 11 is 12.2. The van der Waals surface area contributed by atoms with Crippen LogP contribution in [0.15, 0.2) is 18.2 Å². The maximum Gasteiger partial charge on any atom is 0.0719 e. The lowest BCUT2D eigenvalue weighted by Crippen LogP contribution is -2.20. The molecular weight excluding hydrogens is 253 g/mol. The molecule has 0 bridgehead atoms. The maximum atomic E-state index is 6.12. The Morgan fingerprint density at radius 3 is 2.29 bits per heavy atom. The van der Waals surface area contributed by atoms with Crippen molar-refractivity contribution < 1.29 is 0 Å². The number of hydrogen-bond donors (Lipinski definition) is 1. The highest BCUT2D eigenvalue weighted by Gasteiger charge is 2.18. The fraction of sp³-hybridized carbons (Fsp3) is 0.571. The highest BCUT2D eigenvalue weighted by molar-refractivity contribution is 6.39. The average Bonchev–Trinajstić information content (AvgIpc) is 2.31. The second kappa shape index (κ2) is 5.97. The fourth-order valence-corrected chi connectivity index (χ4v) is 2.98. The van der Waals surface area contributed by atoms with E-state index < -0.39 is 0 Å². The number of benzene rings is 1. The van der Waals surface area contributed by atoms with Gasteiger partial charge < -0.3 is 5.32 Å². The first kappa shape index (κ1) is 13.0. The molecule has 17 heavy (non-hydrogen) atoms. The van der Waals surface area contributed by atoms with E-state index in [0.717, 1.165) is 24.1 Å². The molecule has 0 unspecified atom stereocenters. The van der Waals surface area contributed by atoms with Gasteiger partial charge in [-0.15, -0.1) is 0 Å². The van der Waals surface area contributed by atoms with E-state index in [1.807, 2.05) is 18.2 Å². The molecule has 1 N–H and O–H groups in total. The quantitative estimate of drug-likeness (QED) is 0.794. The zero-order valence-electron chi connectivity index (χ0n) is 10.2. The van der Waals surface area contributed by atoms with Gasteiger partial charge in [-0.1, -0.05) is 49.0 Å². The lowest BCUT2D eigenvalue weighted by atomic mass is 9.83. The van der Waals surface area contributed by atoms with E-state index in [2.05, 4.69) is 12.2 Å². The molecule has 1 aliphatic carbocycles. The third-order valence-corrected chi connectivity index (χ3v) is 4.30. The lowest BCUT2D eigenvalue weighted by molar-refractivity contribution is 0.300. The summed E-state index contributed by atoms with van der Waals surface area (Å²) in [6.45, 7) is 3.32. The fourth-order valence-electron chi connectivity index (χ4n) is 2.45. The van der Waals surface area contributed by atoms with Crippen LogP contribution in [0.4, 0.5) is 5.69 Å². The van der Waals surface area contributed by atoms with Gasteiger partial charge in [-0.2, -0.15) is 0 Å². The van der Waals surface area contributed by atoms with Gasteiger partial charge in [0.05, 0.1) is 15.7 Å². The Balaban J connectivity index is 1.89. The molecule has 2 rings (SSSR count). The van der Waals surface area contributed by atoms with Gasteiger partial charge in [0.25, 0.3) is 0 Å². The van der Waals surface area contributed by atoms with Crippen molar-refractivity contribution >= 4 is 28.9 Å². The Bertz CT molecular complexity index is 350. The molecule has 3 heteroatoms. The number of halogens is 2. The smallest absolute Gasteiger partial charge is 0.0719 e. The zero-order valence-corrected chi connectivity index (χ0v) is 11.7. The van der Waals surface area contributed by atoms with Crippen LogP contribution in [-0.2, 0) is 0 Å². The summed E-state index contributed by atoms with van der Waals surface area (Å²) in [5, 5.41) is 4.82. The van der Waals surface area contributed by atoms with Crippen LogP contribution >= 0.6 is 23.2 Å². The monoisotopic (exact) mass is 271 g/mol. The summed E-state index contributed by atoms with van der Waals surface area (Å²) in [7, 11) is 0. The van der Waals surface area contributed by atoms with E-state index in [0.29, 0.717) is 10.0 Å². The molecule has 0 spiro atoms. The predicted octanol–water partition coefficient (Wildman–Crippen LogP) is 5.23. The van der Waals surface area contributed by atoms with Crippen LogP contribution < -0.4 is 5.32 Å². The normalized spacial score (nSPS) is 24.6. The minimum atomic E-state index is 0.710. The van der Waals surface area contributed by atoms with Gasteiger partial charge in [0.1, 0.15) is 0 Å². The van der Waals surface area contributed by atoms with Crippen LogP contribution in [0.25, 0.3) is 0 Å². The van der Waals surface area contributed by atoms with Crippen LogP contribution in [0.2, 0.25) is 10.0 Å². The van der Waals surface area contributed by atoms with Crippen molar-refractivity contribution in [3.63, 3.8) is 0 Å². The second-order valence-corrected chi connectivity index (χ2v) is 5.92. The van der Waals surface area contributed by atoms with Gasteiger partial charge >= 0.3 is 0 Å². The molecule has 0 aromatic heterocycles. The number of anilines is 1. The minimum absolute atomic E-state index is 0.710. The molecule has 1 nitrogen and oxygen atoms in total. The van der Waals surface area contributed by atoms with Gasteiger partial charge in [-0.3, -0.25) is 0 Å². The Labute approximate surface area is 114 Å². The topological polar surface area (TPSA) is 12.0 Å². The third kappa shape index (κ3) is 3.53. The molecule has 0 amide bonds. The molecule has 1 aliphatic rings. The number of nitrogens with one attached hydrogen (secondary N) is 1. The van der Waals surface area contributed by atoms with E-state index in [1.165, 1.54) is 25.7 Å². The number of hydrogen-bond acceptors (Lipinski definition) is 1. The maximum absolute atomic E-state index is 6.12. The Kier molecular flexibility index (Phi) is 4.58. The van der Waals surface area contributed by atoms with E-state index in [-0.39, 0.29) is 0 Å². The van der Waals surface area contributed by atoms with Gasteiger partial charge in [-0.05, 0) is 36.8 Å². The molecule has 1 aromatic carbocycles. The van der Waals surface area contributed by atoms with Gasteiger partial charge in [0.2, 0.25) is 0 Å². The summed E-state index contributed by atoms with van der Waals surface area (Å²) in [6.07, 6.45) is 5.33. The van der Waals surface area contributed by atoms with E-state index in [4.69, 9.17) is 23.2 Å². The minimum Gasteiger partial charge on any atom is -0.382 e. The van der Waals surface area contributed by atoms with Crippen molar-refractivity contribution in [1.82, 2.24) is 0 Å². The average molecular weight is 272 g/mol. The molecular formula is C14H19Cl2N. The van der Waals surface area contributed by atoms with Crippen molar-refractivity contribution in [3.8, 4) is 0 Å². The van der Waals surface area contributed by atoms with Gasteiger partial charge in [-0.25, -0.2) is 0 Å². The highest BCUT2D eigenvalue weighted by Crippen LogP contribution is 2.32. The van der Waals surface area contributed by atoms with Crippen LogP contribution in [-0.4, -0.2) is 6.54 Å². The van der Waals surface area contributed by atoms with Crippen molar-refractivity contribution in [3.05, 3.63) is 28.2 Å². The summed E-state index contributed by atoms with van der Waals surface area (Å²) in [5.74, 6) is 1.66. The summed E-state index contributed by atoms with van der Waals surface area (Å²) < 4.78 is 0. The van der Waals surface area contributed by atoms with Crippen molar-refractivity contribution in [2.24, 2.45) is 11.8 Å². The lowest BCUT2D eigenvalue weighted by Gasteiger charge is -2.26. The summed E-state index contributed by atoms with van der Waals surface area (Å²) in [6, 6.07) is 5.62. The molecule has 1 fully saturated rings. The second-order valence-electron chi connectivity index (χ2n) is 5.10. The first-order valence-electron chi connectivity index (χ1n) is 6.34. The first-order chi connectivity index (χ1) is 8.16. The summed E-state index contributed by atoms with van der Waals surface area (Å²) in [5.41, 5.74) is 0.884. The van der Waals surface area contributed by atoms with Crippen LogP contribution in [0.3, 0.4) is 0 Å². The molecule has 1 aromatic rings. The van der Waals surface area contributed by atoms with Crippen LogP contribution in [0, 0.1) is 11.8 Å². The van der Waals surface area contributed by atoms with Crippen molar-refractivity contribution in [2.45, 2.75) is 32.6 Å². The highest BCUT2D eigenvalue weighted by atomic mass is 35.5. The summed E-state index contributed by atoms with van der Waals surface area (Å²) in [4.78, 5) is 0. The standard InChI is InChI=1S/C14H19Cl2N/c1-10-5-7-11(8-6-10)9-17-14-12(15)3-2-4-13(14)16/h2-4,10-11,17H,5-9H2,1H3. The van der Waals surface area contributed by atoms with E-state index in [9.17, 15) is 0 Å². The predicted molar refractivity (Wildman–Crippen MR) is 76.1 cm³/mol. The van der Waals surface area contributed by atoms with Crippen molar-refractivity contribution in [2.75, 3.05) is 11.9 Å². The van der Waals surface area contributed by atoms with E-state index in [1.54, 1.807) is 0 Å². The molecule has 0 saturated heterocycles. The molecule has 0 atom stereocenters. The molecule has 0 radical (unpaired) electrons. The molecule has 1 saturated carbocycles. The Morgan fingerprint density at radius 2 is 1.71 bits per heavy atom. The SMILES string of the molecule is CC1CCC(CNc2c(Cl)cccc2Cl)CC1. The van der Waals surface area contributed by atoms with Crippen LogP contribution in [0.1, 0.15) is 32.6 Å². The zero-order chi connectivity index (χ0) is 12.3.